The Hall–Kier alpha value is -1.67. The second-order valence-electron chi connectivity index (χ2n) is 3.01. The minimum absolute atomic E-state index is 0.0239. The lowest BCUT2D eigenvalue weighted by atomic mass is 10.2. The van der Waals surface area contributed by atoms with Crippen LogP contribution < -0.4 is 10.5 Å². The molecule has 80 valence electrons. The lowest BCUT2D eigenvalue weighted by Crippen LogP contribution is -2.27. The Morgan fingerprint density at radius 2 is 2.20 bits per heavy atom. The standard InChI is InChI=1S/C10H10F2N2O/c11-7-1-2-10(9(12)5-7)15-6-8(14)3-4-13/h1-2,5,8H,3,6,14H2. The van der Waals surface area contributed by atoms with E-state index in [0.717, 1.165) is 12.1 Å². The van der Waals surface area contributed by atoms with Gasteiger partial charge in [-0.2, -0.15) is 5.26 Å². The fourth-order valence-corrected chi connectivity index (χ4v) is 0.965. The van der Waals surface area contributed by atoms with E-state index in [4.69, 9.17) is 15.7 Å². The molecule has 0 amide bonds. The number of halogens is 2. The molecule has 0 saturated heterocycles. The molecule has 1 atom stereocenters. The topological polar surface area (TPSA) is 59.0 Å². The van der Waals surface area contributed by atoms with Crippen molar-refractivity contribution in [2.75, 3.05) is 6.61 Å². The molecular formula is C10H10F2N2O. The average Bonchev–Trinajstić information content (AvgIpc) is 2.17. The zero-order chi connectivity index (χ0) is 11.3. The van der Waals surface area contributed by atoms with Crippen LogP contribution in [0.15, 0.2) is 18.2 Å². The Kier molecular flexibility index (Phi) is 4.01. The number of hydrogen-bond acceptors (Lipinski definition) is 3. The van der Waals surface area contributed by atoms with Gasteiger partial charge in [-0.15, -0.1) is 0 Å². The largest absolute Gasteiger partial charge is 0.489 e. The average molecular weight is 212 g/mol. The van der Waals surface area contributed by atoms with E-state index in [2.05, 4.69) is 0 Å². The van der Waals surface area contributed by atoms with Gasteiger partial charge in [0.25, 0.3) is 0 Å². The molecule has 0 aliphatic rings. The second-order valence-corrected chi connectivity index (χ2v) is 3.01. The van der Waals surface area contributed by atoms with Crippen LogP contribution in [0.1, 0.15) is 6.42 Å². The number of benzene rings is 1. The summed E-state index contributed by atoms with van der Waals surface area (Å²) in [5, 5.41) is 8.32. The third kappa shape index (κ3) is 3.52. The fourth-order valence-electron chi connectivity index (χ4n) is 0.965. The zero-order valence-corrected chi connectivity index (χ0v) is 7.91. The summed E-state index contributed by atoms with van der Waals surface area (Å²) in [5.74, 6) is -1.51. The summed E-state index contributed by atoms with van der Waals surface area (Å²) in [4.78, 5) is 0. The summed E-state index contributed by atoms with van der Waals surface area (Å²) >= 11 is 0. The van der Waals surface area contributed by atoms with E-state index in [0.29, 0.717) is 0 Å². The van der Waals surface area contributed by atoms with Gasteiger partial charge in [-0.05, 0) is 12.1 Å². The van der Waals surface area contributed by atoms with E-state index in [1.165, 1.54) is 6.07 Å². The Bertz CT molecular complexity index is 376. The number of rotatable bonds is 4. The molecule has 5 heteroatoms. The van der Waals surface area contributed by atoms with Gasteiger partial charge in [0, 0.05) is 6.07 Å². The van der Waals surface area contributed by atoms with Gasteiger partial charge in [-0.1, -0.05) is 0 Å². The van der Waals surface area contributed by atoms with Crippen molar-refractivity contribution in [2.45, 2.75) is 12.5 Å². The van der Waals surface area contributed by atoms with Crippen LogP contribution in [0.4, 0.5) is 8.78 Å². The predicted octanol–water partition coefficient (Wildman–Crippen LogP) is 1.58. The Balaban J connectivity index is 2.55. The van der Waals surface area contributed by atoms with Crippen LogP contribution in [-0.4, -0.2) is 12.6 Å². The quantitative estimate of drug-likeness (QED) is 0.824. The molecule has 0 bridgehead atoms. The third-order valence-corrected chi connectivity index (χ3v) is 1.70. The first-order chi connectivity index (χ1) is 7.13. The van der Waals surface area contributed by atoms with E-state index in [9.17, 15) is 8.78 Å². The normalized spacial score (nSPS) is 11.9. The maximum Gasteiger partial charge on any atom is 0.167 e. The second kappa shape index (κ2) is 5.27. The minimum Gasteiger partial charge on any atom is -0.489 e. The number of nitrogens with two attached hydrogens (primary N) is 1. The van der Waals surface area contributed by atoms with Gasteiger partial charge in [0.2, 0.25) is 0 Å². The van der Waals surface area contributed by atoms with Crippen molar-refractivity contribution in [3.05, 3.63) is 29.8 Å². The summed E-state index contributed by atoms with van der Waals surface area (Å²) in [5.41, 5.74) is 5.47. The molecule has 1 aromatic carbocycles. The van der Waals surface area contributed by atoms with E-state index < -0.39 is 17.7 Å². The number of hydrogen-bond donors (Lipinski definition) is 1. The van der Waals surface area contributed by atoms with E-state index in [1.807, 2.05) is 6.07 Å². The number of ether oxygens (including phenoxy) is 1. The first-order valence-electron chi connectivity index (χ1n) is 4.34. The van der Waals surface area contributed by atoms with Crippen LogP contribution in [0.25, 0.3) is 0 Å². The molecule has 0 fully saturated rings. The molecule has 0 radical (unpaired) electrons. The fraction of sp³-hybridized carbons (Fsp3) is 0.300. The van der Waals surface area contributed by atoms with Crippen LogP contribution in [0.5, 0.6) is 5.75 Å². The summed E-state index contributed by atoms with van der Waals surface area (Å²) < 4.78 is 30.5. The van der Waals surface area contributed by atoms with Crippen molar-refractivity contribution < 1.29 is 13.5 Å². The molecule has 0 spiro atoms. The van der Waals surface area contributed by atoms with Crippen molar-refractivity contribution in [1.29, 1.82) is 5.26 Å². The monoisotopic (exact) mass is 212 g/mol. The maximum atomic E-state index is 13.0. The zero-order valence-electron chi connectivity index (χ0n) is 7.91. The van der Waals surface area contributed by atoms with Crippen molar-refractivity contribution >= 4 is 0 Å². The highest BCUT2D eigenvalue weighted by atomic mass is 19.1. The SMILES string of the molecule is N#CCC(N)COc1ccc(F)cc1F. The van der Waals surface area contributed by atoms with Gasteiger partial charge >= 0.3 is 0 Å². The van der Waals surface area contributed by atoms with Crippen molar-refractivity contribution in [3.63, 3.8) is 0 Å². The van der Waals surface area contributed by atoms with Crippen molar-refractivity contribution in [1.82, 2.24) is 0 Å². The molecule has 1 rings (SSSR count). The molecule has 1 aromatic rings. The molecule has 15 heavy (non-hydrogen) atoms. The molecule has 0 heterocycles. The molecule has 3 nitrogen and oxygen atoms in total. The Labute approximate surface area is 86.1 Å². The molecular weight excluding hydrogens is 202 g/mol. The van der Waals surface area contributed by atoms with E-state index >= 15 is 0 Å². The lowest BCUT2D eigenvalue weighted by Gasteiger charge is -2.10. The van der Waals surface area contributed by atoms with Crippen LogP contribution in [0, 0.1) is 23.0 Å². The first kappa shape index (κ1) is 11.4. The van der Waals surface area contributed by atoms with Gasteiger partial charge in [0.15, 0.2) is 11.6 Å². The van der Waals surface area contributed by atoms with Gasteiger partial charge in [0.1, 0.15) is 12.4 Å². The van der Waals surface area contributed by atoms with Crippen molar-refractivity contribution in [2.24, 2.45) is 5.73 Å². The summed E-state index contributed by atoms with van der Waals surface area (Å²) in [6, 6.07) is 4.40. The molecule has 1 unspecified atom stereocenters. The highest BCUT2D eigenvalue weighted by molar-refractivity contribution is 5.24. The summed E-state index contributed by atoms with van der Waals surface area (Å²) in [6.45, 7) is 0.0239. The third-order valence-electron chi connectivity index (χ3n) is 1.70. The smallest absolute Gasteiger partial charge is 0.167 e. The summed E-state index contributed by atoms with van der Waals surface area (Å²) in [7, 11) is 0. The predicted molar refractivity (Wildman–Crippen MR) is 50.1 cm³/mol. The van der Waals surface area contributed by atoms with Crippen LogP contribution in [0.3, 0.4) is 0 Å². The van der Waals surface area contributed by atoms with Crippen molar-refractivity contribution in [3.8, 4) is 11.8 Å². The van der Waals surface area contributed by atoms with Crippen LogP contribution in [-0.2, 0) is 0 Å². The van der Waals surface area contributed by atoms with Crippen LogP contribution in [0.2, 0.25) is 0 Å². The van der Waals surface area contributed by atoms with Gasteiger partial charge < -0.3 is 10.5 Å². The van der Waals surface area contributed by atoms with Gasteiger partial charge in [0.05, 0.1) is 18.5 Å². The number of nitrogens with zero attached hydrogens (tertiary/aromatic N) is 1. The highest BCUT2D eigenvalue weighted by Crippen LogP contribution is 2.17. The molecule has 0 saturated carbocycles. The lowest BCUT2D eigenvalue weighted by molar-refractivity contribution is 0.276. The Morgan fingerprint density at radius 1 is 1.47 bits per heavy atom. The molecule has 0 aliphatic carbocycles. The van der Waals surface area contributed by atoms with Gasteiger partial charge in [-0.25, -0.2) is 8.78 Å². The summed E-state index contributed by atoms with van der Waals surface area (Å²) in [6.07, 6.45) is 0.128. The maximum absolute atomic E-state index is 13.0. The van der Waals surface area contributed by atoms with E-state index in [-0.39, 0.29) is 18.8 Å². The number of nitriles is 1. The molecule has 2 N–H and O–H groups in total. The minimum atomic E-state index is -0.779. The van der Waals surface area contributed by atoms with Crippen LogP contribution >= 0.6 is 0 Å². The van der Waals surface area contributed by atoms with E-state index in [1.54, 1.807) is 0 Å². The van der Waals surface area contributed by atoms with Gasteiger partial charge in [-0.3, -0.25) is 0 Å². The Morgan fingerprint density at radius 3 is 2.80 bits per heavy atom. The first-order valence-corrected chi connectivity index (χ1v) is 4.34. The molecule has 0 aromatic heterocycles. The highest BCUT2D eigenvalue weighted by Gasteiger charge is 2.07. The molecule has 0 aliphatic heterocycles.